The first-order valence-corrected chi connectivity index (χ1v) is 8.35. The van der Waals surface area contributed by atoms with Crippen LogP contribution in [0.4, 0.5) is 0 Å². The van der Waals surface area contributed by atoms with E-state index >= 15 is 0 Å². The number of aromatic nitrogens is 2. The third-order valence-electron chi connectivity index (χ3n) is 3.35. The number of hydrogen-bond acceptors (Lipinski definition) is 3. The molecule has 2 N–H and O–H groups in total. The lowest BCUT2D eigenvalue weighted by Crippen LogP contribution is -2.07. The Morgan fingerprint density at radius 3 is 2.48 bits per heavy atom. The molecule has 2 aromatic carbocycles. The molecular weight excluding hydrogens is 304 g/mol. The molecule has 3 aromatic rings. The first-order valence-electron chi connectivity index (χ1n) is 7.37. The highest BCUT2D eigenvalue weighted by Crippen LogP contribution is 2.15. The monoisotopic (exact) mass is 322 g/mol. The molecule has 116 valence electrons. The van der Waals surface area contributed by atoms with Gasteiger partial charge in [-0.2, -0.15) is 5.10 Å². The van der Waals surface area contributed by atoms with Crippen molar-refractivity contribution in [2.24, 2.45) is 10.7 Å². The van der Waals surface area contributed by atoms with Gasteiger partial charge < -0.3 is 5.73 Å². The van der Waals surface area contributed by atoms with Crippen molar-refractivity contribution in [3.63, 3.8) is 0 Å². The van der Waals surface area contributed by atoms with E-state index in [1.54, 1.807) is 18.0 Å². The second kappa shape index (κ2) is 7.65. The lowest BCUT2D eigenvalue weighted by molar-refractivity contribution is 0.880. The summed E-state index contributed by atoms with van der Waals surface area (Å²) in [6.45, 7) is 0.623. The van der Waals surface area contributed by atoms with Gasteiger partial charge in [0, 0.05) is 18.1 Å². The summed E-state index contributed by atoms with van der Waals surface area (Å²) in [5.74, 6) is 0.809. The van der Waals surface area contributed by atoms with E-state index < -0.39 is 0 Å². The number of hydrogen-bond donors (Lipinski definition) is 1. The third kappa shape index (κ3) is 4.47. The van der Waals surface area contributed by atoms with Crippen molar-refractivity contribution in [1.82, 2.24) is 9.78 Å². The summed E-state index contributed by atoms with van der Waals surface area (Å²) < 4.78 is 1.84. The average Bonchev–Trinajstić information content (AvgIpc) is 3.14. The topological polar surface area (TPSA) is 56.2 Å². The number of rotatable bonds is 5. The Labute approximate surface area is 140 Å². The van der Waals surface area contributed by atoms with E-state index in [2.05, 4.69) is 46.5 Å². The highest BCUT2D eigenvalue weighted by Gasteiger charge is 2.00. The Balaban J connectivity index is 1.53. The van der Waals surface area contributed by atoms with Gasteiger partial charge in [0.2, 0.25) is 0 Å². The van der Waals surface area contributed by atoms with Crippen molar-refractivity contribution in [3.8, 4) is 5.69 Å². The molecule has 0 spiro atoms. The van der Waals surface area contributed by atoms with Gasteiger partial charge in [-0.05, 0) is 29.3 Å². The third-order valence-corrected chi connectivity index (χ3v) is 4.25. The SMILES string of the molecule is NC(=NCc1ccccc1)SCc1ccc(-n2cccn2)cc1. The minimum absolute atomic E-state index is 0.616. The molecule has 0 atom stereocenters. The van der Waals surface area contributed by atoms with Crippen molar-refractivity contribution in [3.05, 3.63) is 84.2 Å². The molecule has 4 nitrogen and oxygen atoms in total. The van der Waals surface area contributed by atoms with E-state index in [4.69, 9.17) is 5.73 Å². The molecule has 0 amide bonds. The molecule has 0 fully saturated rings. The number of aliphatic imine (C=N–C) groups is 1. The van der Waals surface area contributed by atoms with Crippen molar-refractivity contribution in [2.75, 3.05) is 0 Å². The molecule has 0 aliphatic carbocycles. The highest BCUT2D eigenvalue weighted by atomic mass is 32.2. The van der Waals surface area contributed by atoms with Crippen LogP contribution in [0.5, 0.6) is 0 Å². The second-order valence-electron chi connectivity index (χ2n) is 5.05. The minimum atomic E-state index is 0.616. The Morgan fingerprint density at radius 1 is 1.00 bits per heavy atom. The first kappa shape index (κ1) is 15.4. The fourth-order valence-electron chi connectivity index (χ4n) is 2.12. The van der Waals surface area contributed by atoms with Gasteiger partial charge in [0.15, 0.2) is 5.17 Å². The Morgan fingerprint density at radius 2 is 1.78 bits per heavy atom. The number of nitrogens with zero attached hydrogens (tertiary/aromatic N) is 3. The zero-order chi connectivity index (χ0) is 15.9. The van der Waals surface area contributed by atoms with Gasteiger partial charge in [-0.15, -0.1) is 0 Å². The molecule has 0 unspecified atom stereocenters. The molecule has 3 rings (SSSR count). The molecule has 0 bridgehead atoms. The van der Waals surface area contributed by atoms with Crippen LogP contribution in [0.15, 0.2) is 78.0 Å². The summed E-state index contributed by atoms with van der Waals surface area (Å²) in [4.78, 5) is 4.41. The van der Waals surface area contributed by atoms with E-state index in [1.165, 1.54) is 11.1 Å². The molecular formula is C18H18N4S. The summed E-state index contributed by atoms with van der Waals surface area (Å²) in [7, 11) is 0. The van der Waals surface area contributed by atoms with Crippen LogP contribution in [0.1, 0.15) is 11.1 Å². The zero-order valence-electron chi connectivity index (χ0n) is 12.7. The predicted octanol–water partition coefficient (Wildman–Crippen LogP) is 3.62. The van der Waals surface area contributed by atoms with E-state index in [0.29, 0.717) is 11.7 Å². The standard InChI is InChI=1S/C18H18N4S/c19-18(20-13-15-5-2-1-3-6-15)23-14-16-7-9-17(10-8-16)22-12-4-11-21-22/h1-12H,13-14H2,(H2,19,20). The van der Waals surface area contributed by atoms with Crippen LogP contribution in [-0.2, 0) is 12.3 Å². The second-order valence-corrected chi connectivity index (χ2v) is 6.04. The van der Waals surface area contributed by atoms with E-state index in [1.807, 2.05) is 35.1 Å². The van der Waals surface area contributed by atoms with Crippen LogP contribution < -0.4 is 5.73 Å². The van der Waals surface area contributed by atoms with Crippen molar-refractivity contribution < 1.29 is 0 Å². The summed E-state index contributed by atoms with van der Waals surface area (Å²) >= 11 is 1.56. The maximum Gasteiger partial charge on any atom is 0.154 e. The molecule has 23 heavy (non-hydrogen) atoms. The molecule has 0 saturated carbocycles. The zero-order valence-corrected chi connectivity index (χ0v) is 13.5. The lowest BCUT2D eigenvalue weighted by atomic mass is 10.2. The van der Waals surface area contributed by atoms with Crippen LogP contribution in [0.3, 0.4) is 0 Å². The number of nitrogens with two attached hydrogens (primary N) is 1. The highest BCUT2D eigenvalue weighted by molar-refractivity contribution is 8.13. The van der Waals surface area contributed by atoms with Gasteiger partial charge in [-0.25, -0.2) is 4.68 Å². The Bertz CT molecular complexity index is 749. The normalized spacial score (nSPS) is 11.6. The first-order chi connectivity index (χ1) is 11.3. The van der Waals surface area contributed by atoms with Gasteiger partial charge in [0.25, 0.3) is 0 Å². The van der Waals surface area contributed by atoms with Gasteiger partial charge in [-0.1, -0.05) is 54.2 Å². The largest absolute Gasteiger partial charge is 0.379 e. The quantitative estimate of drug-likeness (QED) is 0.576. The average molecular weight is 322 g/mol. The molecule has 1 heterocycles. The van der Waals surface area contributed by atoms with Crippen LogP contribution in [-0.4, -0.2) is 14.9 Å². The lowest BCUT2D eigenvalue weighted by Gasteiger charge is -2.05. The molecule has 0 aliphatic rings. The fraction of sp³-hybridized carbons (Fsp3) is 0.111. The molecule has 5 heteroatoms. The minimum Gasteiger partial charge on any atom is -0.379 e. The summed E-state index contributed by atoms with van der Waals surface area (Å²) in [5.41, 5.74) is 9.40. The van der Waals surface area contributed by atoms with Crippen molar-refractivity contribution >= 4 is 16.9 Å². The smallest absolute Gasteiger partial charge is 0.154 e. The van der Waals surface area contributed by atoms with E-state index in [9.17, 15) is 0 Å². The van der Waals surface area contributed by atoms with Crippen LogP contribution >= 0.6 is 11.8 Å². The molecule has 0 radical (unpaired) electrons. The van der Waals surface area contributed by atoms with Crippen LogP contribution in [0.25, 0.3) is 5.69 Å². The molecule has 0 aliphatic heterocycles. The maximum absolute atomic E-state index is 5.98. The maximum atomic E-state index is 5.98. The fourth-order valence-corrected chi connectivity index (χ4v) is 2.78. The summed E-state index contributed by atoms with van der Waals surface area (Å²) in [6.07, 6.45) is 3.70. The van der Waals surface area contributed by atoms with Crippen LogP contribution in [0, 0.1) is 0 Å². The molecule has 0 saturated heterocycles. The predicted molar refractivity (Wildman–Crippen MR) is 96.6 cm³/mol. The van der Waals surface area contributed by atoms with Crippen molar-refractivity contribution in [1.29, 1.82) is 0 Å². The van der Waals surface area contributed by atoms with Gasteiger partial charge in [0.1, 0.15) is 0 Å². The van der Waals surface area contributed by atoms with E-state index in [-0.39, 0.29) is 0 Å². The number of thioether (sulfide) groups is 1. The van der Waals surface area contributed by atoms with Gasteiger partial charge >= 0.3 is 0 Å². The van der Waals surface area contributed by atoms with Gasteiger partial charge in [-0.3, -0.25) is 4.99 Å². The number of amidine groups is 1. The van der Waals surface area contributed by atoms with E-state index in [0.717, 1.165) is 11.4 Å². The van der Waals surface area contributed by atoms with Crippen molar-refractivity contribution in [2.45, 2.75) is 12.3 Å². The summed E-state index contributed by atoms with van der Waals surface area (Å²) in [6, 6.07) is 20.3. The Hall–Kier alpha value is -2.53. The summed E-state index contributed by atoms with van der Waals surface area (Å²) in [5, 5.41) is 4.83. The molecule has 1 aromatic heterocycles. The number of benzene rings is 2. The Kier molecular flexibility index (Phi) is 5.11. The van der Waals surface area contributed by atoms with Gasteiger partial charge in [0.05, 0.1) is 12.2 Å². The van der Waals surface area contributed by atoms with Crippen LogP contribution in [0.2, 0.25) is 0 Å².